The van der Waals surface area contributed by atoms with Gasteiger partial charge in [-0.3, -0.25) is 4.68 Å². The monoisotopic (exact) mass is 248 g/mol. The average Bonchev–Trinajstić information content (AvgIpc) is 2.55. The van der Waals surface area contributed by atoms with Gasteiger partial charge in [-0.1, -0.05) is 6.92 Å². The first kappa shape index (κ1) is 12.9. The van der Waals surface area contributed by atoms with E-state index < -0.39 is 16.1 Å². The van der Waals surface area contributed by atoms with Crippen LogP contribution in [0.25, 0.3) is 0 Å². The van der Waals surface area contributed by atoms with E-state index in [0.29, 0.717) is 6.42 Å². The molecule has 0 aliphatic carbocycles. The Morgan fingerprint density at radius 3 is 2.69 bits per heavy atom. The van der Waals surface area contributed by atoms with Gasteiger partial charge in [-0.2, -0.15) is 5.10 Å². The molecule has 0 amide bonds. The summed E-state index contributed by atoms with van der Waals surface area (Å²) < 4.78 is 27.4. The largest absolute Gasteiger partial charge is 0.395 e. The highest BCUT2D eigenvalue weighted by atomic mass is 32.2. The molecule has 7 nitrogen and oxygen atoms in total. The molecule has 16 heavy (non-hydrogen) atoms. The first-order chi connectivity index (χ1) is 7.40. The molecule has 0 aliphatic rings. The molecule has 1 heterocycles. The number of anilines is 1. The zero-order valence-electron chi connectivity index (χ0n) is 9.21. The third kappa shape index (κ3) is 2.71. The molecule has 1 aromatic heterocycles. The summed E-state index contributed by atoms with van der Waals surface area (Å²) in [7, 11) is -2.13. The Bertz CT molecular complexity index is 450. The van der Waals surface area contributed by atoms with Crippen LogP contribution in [-0.2, 0) is 17.1 Å². The highest BCUT2D eigenvalue weighted by Gasteiger charge is 2.23. The number of nitrogen functional groups attached to an aromatic ring is 1. The minimum Gasteiger partial charge on any atom is -0.395 e. The summed E-state index contributed by atoms with van der Waals surface area (Å²) in [4.78, 5) is -0.0677. The summed E-state index contributed by atoms with van der Waals surface area (Å²) >= 11 is 0. The Morgan fingerprint density at radius 1 is 1.69 bits per heavy atom. The fourth-order valence-corrected chi connectivity index (χ4v) is 2.64. The van der Waals surface area contributed by atoms with Crippen molar-refractivity contribution >= 4 is 15.8 Å². The topological polar surface area (TPSA) is 110 Å². The molecule has 4 N–H and O–H groups in total. The Hall–Kier alpha value is -1.12. The van der Waals surface area contributed by atoms with Crippen molar-refractivity contribution in [1.82, 2.24) is 14.5 Å². The Kier molecular flexibility index (Phi) is 3.89. The molecule has 8 heteroatoms. The minimum absolute atomic E-state index is 0.0530. The van der Waals surface area contributed by atoms with E-state index in [1.54, 1.807) is 14.0 Å². The van der Waals surface area contributed by atoms with Crippen molar-refractivity contribution < 1.29 is 13.5 Å². The number of hydrogen-bond donors (Lipinski definition) is 3. The van der Waals surface area contributed by atoms with Crippen LogP contribution in [-0.4, -0.2) is 36.0 Å². The van der Waals surface area contributed by atoms with Crippen molar-refractivity contribution in [3.8, 4) is 0 Å². The van der Waals surface area contributed by atoms with Gasteiger partial charge >= 0.3 is 0 Å². The maximum Gasteiger partial charge on any atom is 0.246 e. The number of aliphatic hydroxyl groups excluding tert-OH is 1. The predicted molar refractivity (Wildman–Crippen MR) is 59.1 cm³/mol. The number of hydrogen-bond acceptors (Lipinski definition) is 5. The van der Waals surface area contributed by atoms with E-state index in [1.165, 1.54) is 10.9 Å². The van der Waals surface area contributed by atoms with Crippen molar-refractivity contribution in [3.05, 3.63) is 6.20 Å². The van der Waals surface area contributed by atoms with Crippen LogP contribution in [0.4, 0.5) is 5.82 Å². The fourth-order valence-electron chi connectivity index (χ4n) is 1.22. The molecular weight excluding hydrogens is 232 g/mol. The van der Waals surface area contributed by atoms with Crippen LogP contribution >= 0.6 is 0 Å². The molecule has 1 atom stereocenters. The van der Waals surface area contributed by atoms with Crippen LogP contribution in [0.3, 0.4) is 0 Å². The summed E-state index contributed by atoms with van der Waals surface area (Å²) in [5.74, 6) is -0.0530. The van der Waals surface area contributed by atoms with Gasteiger partial charge in [0.05, 0.1) is 6.61 Å². The standard InChI is InChI=1S/C8H16N4O3S/c1-3-6(5-13)11-16(14,15)7-4-12(2)10-8(7)9/h4,6,11,13H,3,5H2,1-2H3,(H2,9,10)/t6-/m1/s1. The molecule has 0 aliphatic heterocycles. The lowest BCUT2D eigenvalue weighted by atomic mass is 10.3. The van der Waals surface area contributed by atoms with Gasteiger partial charge in [-0.15, -0.1) is 0 Å². The van der Waals surface area contributed by atoms with Crippen molar-refractivity contribution in [2.75, 3.05) is 12.3 Å². The van der Waals surface area contributed by atoms with E-state index in [0.717, 1.165) is 0 Å². The van der Waals surface area contributed by atoms with Crippen LogP contribution < -0.4 is 10.5 Å². The van der Waals surface area contributed by atoms with Crippen molar-refractivity contribution in [3.63, 3.8) is 0 Å². The number of nitrogens with zero attached hydrogens (tertiary/aromatic N) is 2. The maximum absolute atomic E-state index is 11.8. The van der Waals surface area contributed by atoms with Crippen molar-refractivity contribution in [2.24, 2.45) is 7.05 Å². The fraction of sp³-hybridized carbons (Fsp3) is 0.625. The molecule has 92 valence electrons. The second-order valence-electron chi connectivity index (χ2n) is 3.46. The van der Waals surface area contributed by atoms with Crippen LogP contribution in [0.2, 0.25) is 0 Å². The third-order valence-corrected chi connectivity index (χ3v) is 3.68. The molecule has 0 fully saturated rings. The predicted octanol–water partition coefficient (Wildman–Crippen LogP) is -0.948. The number of nitrogens with two attached hydrogens (primary N) is 1. The Labute approximate surface area is 94.3 Å². The Morgan fingerprint density at radius 2 is 2.31 bits per heavy atom. The highest BCUT2D eigenvalue weighted by molar-refractivity contribution is 7.89. The van der Waals surface area contributed by atoms with Gasteiger partial charge in [0.25, 0.3) is 0 Å². The molecule has 0 saturated heterocycles. The molecular formula is C8H16N4O3S. The minimum atomic E-state index is -3.71. The first-order valence-corrected chi connectivity index (χ1v) is 6.31. The average molecular weight is 248 g/mol. The Balaban J connectivity index is 2.98. The number of sulfonamides is 1. The van der Waals surface area contributed by atoms with Crippen LogP contribution in [0.5, 0.6) is 0 Å². The lowest BCUT2D eigenvalue weighted by molar-refractivity contribution is 0.254. The molecule has 0 saturated carbocycles. The SMILES string of the molecule is CC[C@H](CO)NS(=O)(=O)c1cn(C)nc1N. The molecule has 0 radical (unpaired) electrons. The summed E-state index contributed by atoms with van der Waals surface area (Å²) in [6.45, 7) is 1.52. The maximum atomic E-state index is 11.8. The summed E-state index contributed by atoms with van der Waals surface area (Å²) in [6, 6.07) is -0.510. The molecule has 1 aromatic rings. The van der Waals surface area contributed by atoms with Gasteiger partial charge < -0.3 is 10.8 Å². The smallest absolute Gasteiger partial charge is 0.246 e. The lowest BCUT2D eigenvalue weighted by Crippen LogP contribution is -2.37. The van der Waals surface area contributed by atoms with Gasteiger partial charge in [-0.05, 0) is 6.42 Å². The van der Waals surface area contributed by atoms with Crippen LogP contribution in [0.15, 0.2) is 11.1 Å². The molecule has 0 unspecified atom stereocenters. The third-order valence-electron chi connectivity index (χ3n) is 2.15. The number of aryl methyl sites for hydroxylation is 1. The van der Waals surface area contributed by atoms with Crippen molar-refractivity contribution in [1.29, 1.82) is 0 Å². The van der Waals surface area contributed by atoms with Gasteiger partial charge in [-0.25, -0.2) is 13.1 Å². The number of aliphatic hydroxyl groups is 1. The zero-order chi connectivity index (χ0) is 12.3. The van der Waals surface area contributed by atoms with Gasteiger partial charge in [0.15, 0.2) is 5.82 Å². The molecule has 0 bridgehead atoms. The number of rotatable bonds is 5. The van der Waals surface area contributed by atoms with Gasteiger partial charge in [0, 0.05) is 19.3 Å². The number of aromatic nitrogens is 2. The first-order valence-electron chi connectivity index (χ1n) is 4.83. The molecule has 0 aromatic carbocycles. The highest BCUT2D eigenvalue weighted by Crippen LogP contribution is 2.15. The van der Waals surface area contributed by atoms with Gasteiger partial charge in [0.2, 0.25) is 10.0 Å². The van der Waals surface area contributed by atoms with E-state index in [9.17, 15) is 8.42 Å². The van der Waals surface area contributed by atoms with E-state index in [2.05, 4.69) is 9.82 Å². The molecule has 0 spiro atoms. The van der Waals surface area contributed by atoms with Gasteiger partial charge in [0.1, 0.15) is 4.90 Å². The van der Waals surface area contributed by atoms with Crippen LogP contribution in [0.1, 0.15) is 13.3 Å². The van der Waals surface area contributed by atoms with E-state index >= 15 is 0 Å². The summed E-state index contributed by atoms with van der Waals surface area (Å²) in [5, 5.41) is 12.7. The molecule has 1 rings (SSSR count). The number of nitrogens with one attached hydrogen (secondary N) is 1. The van der Waals surface area contributed by atoms with E-state index in [-0.39, 0.29) is 17.3 Å². The summed E-state index contributed by atoms with van der Waals surface area (Å²) in [6.07, 6.45) is 1.82. The van der Waals surface area contributed by atoms with E-state index in [4.69, 9.17) is 10.8 Å². The lowest BCUT2D eigenvalue weighted by Gasteiger charge is -2.13. The quantitative estimate of drug-likeness (QED) is 0.622. The van der Waals surface area contributed by atoms with Crippen molar-refractivity contribution in [2.45, 2.75) is 24.3 Å². The van der Waals surface area contributed by atoms with E-state index in [1.807, 2.05) is 0 Å². The second-order valence-corrected chi connectivity index (χ2v) is 5.14. The zero-order valence-corrected chi connectivity index (χ0v) is 10.0. The van der Waals surface area contributed by atoms with Crippen LogP contribution in [0, 0.1) is 0 Å². The normalized spacial score (nSPS) is 13.9. The summed E-state index contributed by atoms with van der Waals surface area (Å²) in [5.41, 5.74) is 5.47. The second kappa shape index (κ2) is 4.81.